The molecule has 0 spiro atoms. The third-order valence-corrected chi connectivity index (χ3v) is 2.83. The average Bonchev–Trinajstić information content (AvgIpc) is 2.27. The van der Waals surface area contributed by atoms with Gasteiger partial charge < -0.3 is 4.74 Å². The smallest absolute Gasteiger partial charge is 0.138 e. The topological polar surface area (TPSA) is 26.3 Å². The molecule has 0 aliphatic carbocycles. The molecule has 2 radical (unpaired) electrons. The van der Waals surface area contributed by atoms with E-state index in [1.165, 1.54) is 0 Å². The highest BCUT2D eigenvalue weighted by atomic mass is 16.5. The normalized spacial score (nSPS) is 39.3. The fourth-order valence-electron chi connectivity index (χ4n) is 2.06. The van der Waals surface area contributed by atoms with Crippen LogP contribution < -0.4 is 0 Å². The molecule has 0 aromatic rings. The zero-order valence-electron chi connectivity index (χ0n) is 8.62. The Kier molecular flexibility index (Phi) is 3.54. The van der Waals surface area contributed by atoms with E-state index in [0.717, 1.165) is 6.42 Å². The van der Waals surface area contributed by atoms with Crippen LogP contribution in [0.2, 0.25) is 0 Å². The van der Waals surface area contributed by atoms with Gasteiger partial charge in [-0.2, -0.15) is 0 Å². The van der Waals surface area contributed by atoms with Crippen LogP contribution in [0.5, 0.6) is 0 Å². The summed E-state index contributed by atoms with van der Waals surface area (Å²) in [6.07, 6.45) is 1.54. The molecule has 0 amide bonds. The standard InChI is InChI=1S/C10H17BO2/c1-4-5-8(12)9-6(2)10(11)13-7(9)3/h6-7,9-10H,4-5H2,1-3H3. The van der Waals surface area contributed by atoms with E-state index in [9.17, 15) is 4.79 Å². The van der Waals surface area contributed by atoms with Crippen LogP contribution in [0.1, 0.15) is 33.6 Å². The van der Waals surface area contributed by atoms with Crippen LogP contribution in [0.25, 0.3) is 0 Å². The van der Waals surface area contributed by atoms with Gasteiger partial charge in [0.2, 0.25) is 0 Å². The predicted molar refractivity (Wildman–Crippen MR) is 52.7 cm³/mol. The van der Waals surface area contributed by atoms with Gasteiger partial charge in [0.25, 0.3) is 0 Å². The molecule has 0 aromatic heterocycles. The molecule has 1 aliphatic rings. The van der Waals surface area contributed by atoms with Crippen molar-refractivity contribution in [3.05, 3.63) is 0 Å². The van der Waals surface area contributed by atoms with Gasteiger partial charge in [0.15, 0.2) is 0 Å². The monoisotopic (exact) mass is 180 g/mol. The minimum absolute atomic E-state index is 0.00921. The molecular weight excluding hydrogens is 163 g/mol. The third kappa shape index (κ3) is 2.13. The van der Waals surface area contributed by atoms with Crippen LogP contribution in [-0.2, 0) is 9.53 Å². The highest BCUT2D eigenvalue weighted by molar-refractivity contribution is 6.11. The number of ether oxygens (including phenoxy) is 1. The summed E-state index contributed by atoms with van der Waals surface area (Å²) in [5.74, 6) is 0.472. The maximum Gasteiger partial charge on any atom is 0.138 e. The van der Waals surface area contributed by atoms with Crippen molar-refractivity contribution in [2.24, 2.45) is 11.8 Å². The first-order valence-electron chi connectivity index (χ1n) is 5.01. The van der Waals surface area contributed by atoms with E-state index in [1.54, 1.807) is 0 Å². The van der Waals surface area contributed by atoms with Crippen LogP contribution in [0.15, 0.2) is 0 Å². The van der Waals surface area contributed by atoms with Crippen molar-refractivity contribution in [3.63, 3.8) is 0 Å². The summed E-state index contributed by atoms with van der Waals surface area (Å²) in [6, 6.07) is -0.263. The Morgan fingerprint density at radius 1 is 1.46 bits per heavy atom. The Balaban J connectivity index is 2.62. The van der Waals surface area contributed by atoms with Crippen LogP contribution in [0, 0.1) is 11.8 Å². The van der Waals surface area contributed by atoms with Gasteiger partial charge in [-0.15, -0.1) is 0 Å². The lowest BCUT2D eigenvalue weighted by atomic mass is 9.78. The number of carbonyl (C=O) groups excluding carboxylic acids is 1. The van der Waals surface area contributed by atoms with E-state index >= 15 is 0 Å². The summed E-state index contributed by atoms with van der Waals surface area (Å²) >= 11 is 0. The lowest BCUT2D eigenvalue weighted by Gasteiger charge is -2.16. The quantitative estimate of drug-likeness (QED) is 0.615. The minimum atomic E-state index is -0.263. The van der Waals surface area contributed by atoms with Gasteiger partial charge in [-0.1, -0.05) is 13.8 Å². The maximum atomic E-state index is 11.7. The van der Waals surface area contributed by atoms with Gasteiger partial charge in [-0.3, -0.25) is 4.79 Å². The fraction of sp³-hybridized carbons (Fsp3) is 0.900. The van der Waals surface area contributed by atoms with Crippen molar-refractivity contribution < 1.29 is 9.53 Å². The van der Waals surface area contributed by atoms with Gasteiger partial charge in [0.05, 0.1) is 6.10 Å². The Labute approximate surface area is 81.4 Å². The molecule has 0 N–H and O–H groups in total. The molecule has 1 heterocycles. The number of carbonyl (C=O) groups is 1. The molecule has 0 bridgehead atoms. The molecule has 1 fully saturated rings. The zero-order chi connectivity index (χ0) is 10.0. The fourth-order valence-corrected chi connectivity index (χ4v) is 2.06. The first kappa shape index (κ1) is 10.8. The SMILES string of the molecule is [B]C1OC(C)C(C(=O)CCC)C1C. The van der Waals surface area contributed by atoms with E-state index in [1.807, 2.05) is 20.8 Å². The van der Waals surface area contributed by atoms with Gasteiger partial charge in [-0.25, -0.2) is 0 Å². The second-order valence-corrected chi connectivity index (χ2v) is 3.91. The molecule has 0 saturated carbocycles. The van der Waals surface area contributed by atoms with Crippen molar-refractivity contribution in [2.45, 2.75) is 45.7 Å². The molecule has 1 saturated heterocycles. The molecule has 13 heavy (non-hydrogen) atoms. The van der Waals surface area contributed by atoms with Gasteiger partial charge >= 0.3 is 0 Å². The van der Waals surface area contributed by atoms with Crippen LogP contribution in [0.3, 0.4) is 0 Å². The predicted octanol–water partition coefficient (Wildman–Crippen LogP) is 1.52. The summed E-state index contributed by atoms with van der Waals surface area (Å²) in [5.41, 5.74) is 0. The first-order valence-corrected chi connectivity index (χ1v) is 5.01. The van der Waals surface area contributed by atoms with Crippen molar-refractivity contribution in [3.8, 4) is 0 Å². The first-order chi connectivity index (χ1) is 6.07. The molecule has 1 rings (SSSR count). The molecule has 72 valence electrons. The van der Waals surface area contributed by atoms with Crippen molar-refractivity contribution in [2.75, 3.05) is 0 Å². The summed E-state index contributed by atoms with van der Waals surface area (Å²) in [5, 5.41) is 0. The molecule has 4 unspecified atom stereocenters. The number of ketones is 1. The van der Waals surface area contributed by atoms with Crippen LogP contribution in [-0.4, -0.2) is 25.7 Å². The van der Waals surface area contributed by atoms with Crippen LogP contribution >= 0.6 is 0 Å². The molecular formula is C10H17BO2. The molecule has 4 atom stereocenters. The number of hydrogen-bond acceptors (Lipinski definition) is 2. The molecule has 1 aliphatic heterocycles. The highest BCUT2D eigenvalue weighted by Gasteiger charge is 2.40. The average molecular weight is 180 g/mol. The summed E-state index contributed by atoms with van der Waals surface area (Å²) in [4.78, 5) is 11.7. The summed E-state index contributed by atoms with van der Waals surface area (Å²) < 4.78 is 5.41. The Hall–Kier alpha value is -0.305. The Bertz CT molecular complexity index is 193. The van der Waals surface area contributed by atoms with Crippen molar-refractivity contribution >= 4 is 13.6 Å². The van der Waals surface area contributed by atoms with E-state index in [2.05, 4.69) is 0 Å². The summed E-state index contributed by atoms with van der Waals surface area (Å²) in [7, 11) is 5.72. The van der Waals surface area contributed by atoms with Gasteiger partial charge in [0, 0.05) is 18.3 Å². The second kappa shape index (κ2) is 4.27. The summed E-state index contributed by atoms with van der Waals surface area (Å²) in [6.45, 7) is 5.94. The molecule has 0 aromatic carbocycles. The molecule has 2 nitrogen and oxygen atoms in total. The van der Waals surface area contributed by atoms with E-state index < -0.39 is 0 Å². The maximum absolute atomic E-state index is 11.7. The van der Waals surface area contributed by atoms with Crippen LogP contribution in [0.4, 0.5) is 0 Å². The largest absolute Gasteiger partial charge is 0.384 e. The third-order valence-electron chi connectivity index (χ3n) is 2.83. The van der Waals surface area contributed by atoms with E-state index in [4.69, 9.17) is 12.6 Å². The zero-order valence-corrected chi connectivity index (χ0v) is 8.62. The van der Waals surface area contributed by atoms with E-state index in [-0.39, 0.29) is 23.9 Å². The lowest BCUT2D eigenvalue weighted by molar-refractivity contribution is -0.125. The number of hydrogen-bond donors (Lipinski definition) is 0. The van der Waals surface area contributed by atoms with Gasteiger partial charge in [0.1, 0.15) is 13.6 Å². The number of rotatable bonds is 3. The lowest BCUT2D eigenvalue weighted by Crippen LogP contribution is -2.26. The van der Waals surface area contributed by atoms with Crippen molar-refractivity contribution in [1.29, 1.82) is 0 Å². The van der Waals surface area contributed by atoms with Gasteiger partial charge in [-0.05, 0) is 19.3 Å². The molecule has 3 heteroatoms. The second-order valence-electron chi connectivity index (χ2n) is 3.91. The number of Topliss-reactive ketones (excluding diaryl/α,β-unsaturated/α-hetero) is 1. The minimum Gasteiger partial charge on any atom is -0.384 e. The van der Waals surface area contributed by atoms with Crippen molar-refractivity contribution in [1.82, 2.24) is 0 Å². The highest BCUT2D eigenvalue weighted by Crippen LogP contribution is 2.32. The van der Waals surface area contributed by atoms with E-state index in [0.29, 0.717) is 12.2 Å². The Morgan fingerprint density at radius 2 is 2.08 bits per heavy atom. The Morgan fingerprint density at radius 3 is 2.46 bits per heavy atom.